The second-order valence-corrected chi connectivity index (χ2v) is 5.30. The number of rotatable bonds is 5. The van der Waals surface area contributed by atoms with Gasteiger partial charge in [-0.2, -0.15) is 13.2 Å². The summed E-state index contributed by atoms with van der Waals surface area (Å²) in [6.45, 7) is 1.65. The molecule has 0 fully saturated rings. The van der Waals surface area contributed by atoms with E-state index in [1.807, 2.05) is 0 Å². The number of carbonyl (C=O) groups is 1. The Kier molecular flexibility index (Phi) is 5.02. The lowest BCUT2D eigenvalue weighted by molar-refractivity contribution is -0.157. The fourth-order valence-corrected chi connectivity index (χ4v) is 2.34. The number of amides is 1. The molecular formula is C15H17F3N4O. The number of benzene rings is 1. The van der Waals surface area contributed by atoms with Crippen molar-refractivity contribution in [3.63, 3.8) is 0 Å². The Bertz CT molecular complexity index is 654. The van der Waals surface area contributed by atoms with Crippen molar-refractivity contribution in [1.29, 1.82) is 0 Å². The molecule has 0 saturated heterocycles. The second-order valence-electron chi connectivity index (χ2n) is 5.30. The largest absolute Gasteiger partial charge is 0.396 e. The third-order valence-corrected chi connectivity index (χ3v) is 3.50. The van der Waals surface area contributed by atoms with Crippen LogP contribution in [0.3, 0.4) is 0 Å². The normalized spacial score (nSPS) is 14.3. The molecule has 0 radical (unpaired) electrons. The summed E-state index contributed by atoms with van der Waals surface area (Å²) in [4.78, 5) is 12.0. The van der Waals surface area contributed by atoms with E-state index >= 15 is 0 Å². The molecule has 0 spiro atoms. The fraction of sp³-hybridized carbons (Fsp3) is 0.400. The van der Waals surface area contributed by atoms with Crippen LogP contribution in [0.2, 0.25) is 0 Å². The zero-order valence-electron chi connectivity index (χ0n) is 12.7. The summed E-state index contributed by atoms with van der Waals surface area (Å²) in [5, 5.41) is 10.0. The third-order valence-electron chi connectivity index (χ3n) is 3.50. The summed E-state index contributed by atoms with van der Waals surface area (Å²) < 4.78 is 41.3. The smallest absolute Gasteiger partial charge is 0.346 e. The van der Waals surface area contributed by atoms with E-state index in [1.54, 1.807) is 24.6 Å². The van der Waals surface area contributed by atoms with Gasteiger partial charge in [-0.05, 0) is 12.5 Å². The molecule has 124 valence electrons. The quantitative estimate of drug-likeness (QED) is 0.919. The van der Waals surface area contributed by atoms with Gasteiger partial charge in [0.05, 0.1) is 12.0 Å². The number of carbonyl (C=O) groups excluding carboxylic acids is 1. The average molecular weight is 326 g/mol. The predicted molar refractivity (Wildman–Crippen MR) is 77.4 cm³/mol. The first kappa shape index (κ1) is 17.0. The van der Waals surface area contributed by atoms with Gasteiger partial charge in [0.1, 0.15) is 6.33 Å². The molecule has 0 unspecified atom stereocenters. The zero-order valence-corrected chi connectivity index (χ0v) is 12.7. The van der Waals surface area contributed by atoms with Crippen LogP contribution in [0.25, 0.3) is 0 Å². The van der Waals surface area contributed by atoms with Gasteiger partial charge >= 0.3 is 6.18 Å². The van der Waals surface area contributed by atoms with Gasteiger partial charge in [0.15, 0.2) is 5.82 Å². The number of alkyl halides is 3. The number of hydrogen-bond acceptors (Lipinski definition) is 3. The van der Waals surface area contributed by atoms with Crippen LogP contribution < -0.4 is 5.32 Å². The summed E-state index contributed by atoms with van der Waals surface area (Å²) in [5.41, 5.74) is 0.0708. The number of nitrogens with one attached hydrogen (secondary N) is 1. The maximum absolute atomic E-state index is 13.2. The Balaban J connectivity index is 2.08. The zero-order chi connectivity index (χ0) is 17.0. The van der Waals surface area contributed by atoms with E-state index in [4.69, 9.17) is 0 Å². The highest BCUT2D eigenvalue weighted by Gasteiger charge is 2.42. The Morgan fingerprint density at radius 3 is 2.48 bits per heavy atom. The highest BCUT2D eigenvalue weighted by atomic mass is 19.4. The van der Waals surface area contributed by atoms with Crippen LogP contribution in [0, 0.1) is 0 Å². The first-order valence-electron chi connectivity index (χ1n) is 7.04. The summed E-state index contributed by atoms with van der Waals surface area (Å²) in [5.74, 6) is -2.05. The van der Waals surface area contributed by atoms with E-state index in [0.717, 1.165) is 0 Å². The minimum atomic E-state index is -4.49. The molecule has 1 aromatic heterocycles. The van der Waals surface area contributed by atoms with Crippen LogP contribution in [0.15, 0.2) is 36.7 Å². The average Bonchev–Trinajstić information content (AvgIpc) is 2.91. The van der Waals surface area contributed by atoms with E-state index in [2.05, 4.69) is 15.5 Å². The first-order valence-corrected chi connectivity index (χ1v) is 7.04. The SMILES string of the molecule is C[C@@H](NC(=O)C[C@@H](c1ccccc1)C(F)(F)F)c1nncn1C. The maximum Gasteiger partial charge on any atom is 0.396 e. The molecule has 1 N–H and O–H groups in total. The van der Waals surface area contributed by atoms with Crippen LogP contribution in [0.4, 0.5) is 13.2 Å². The van der Waals surface area contributed by atoms with E-state index in [9.17, 15) is 18.0 Å². The van der Waals surface area contributed by atoms with Gasteiger partial charge in [-0.15, -0.1) is 10.2 Å². The van der Waals surface area contributed by atoms with Crippen molar-refractivity contribution in [1.82, 2.24) is 20.1 Å². The van der Waals surface area contributed by atoms with Crippen LogP contribution in [-0.2, 0) is 11.8 Å². The van der Waals surface area contributed by atoms with E-state index in [1.165, 1.54) is 30.6 Å². The molecule has 0 aliphatic heterocycles. The van der Waals surface area contributed by atoms with Crippen molar-refractivity contribution in [3.05, 3.63) is 48.0 Å². The highest BCUT2D eigenvalue weighted by Crippen LogP contribution is 2.37. The Hall–Kier alpha value is -2.38. The first-order chi connectivity index (χ1) is 10.8. The topological polar surface area (TPSA) is 59.8 Å². The minimum Gasteiger partial charge on any atom is -0.346 e. The van der Waals surface area contributed by atoms with Crippen molar-refractivity contribution in [2.24, 2.45) is 7.05 Å². The number of hydrogen-bond donors (Lipinski definition) is 1. The van der Waals surface area contributed by atoms with E-state index in [0.29, 0.717) is 5.82 Å². The van der Waals surface area contributed by atoms with Crippen LogP contribution in [-0.4, -0.2) is 26.8 Å². The maximum atomic E-state index is 13.2. The van der Waals surface area contributed by atoms with Crippen molar-refractivity contribution in [3.8, 4) is 0 Å². The Labute approximate surface area is 131 Å². The van der Waals surface area contributed by atoms with Crippen LogP contribution in [0.1, 0.15) is 36.7 Å². The van der Waals surface area contributed by atoms with Gasteiger partial charge in [-0.25, -0.2) is 0 Å². The molecule has 2 atom stereocenters. The third kappa shape index (κ3) is 4.30. The van der Waals surface area contributed by atoms with Gasteiger partial charge in [-0.3, -0.25) is 4.79 Å². The fourth-order valence-electron chi connectivity index (χ4n) is 2.34. The van der Waals surface area contributed by atoms with Gasteiger partial charge in [-0.1, -0.05) is 30.3 Å². The van der Waals surface area contributed by atoms with E-state index in [-0.39, 0.29) is 5.56 Å². The second kappa shape index (κ2) is 6.80. The van der Waals surface area contributed by atoms with Crippen molar-refractivity contribution < 1.29 is 18.0 Å². The van der Waals surface area contributed by atoms with Gasteiger partial charge in [0, 0.05) is 13.5 Å². The predicted octanol–water partition coefficient (Wildman–Crippen LogP) is 2.73. The molecule has 2 rings (SSSR count). The molecule has 1 heterocycles. The lowest BCUT2D eigenvalue weighted by Gasteiger charge is -2.21. The standard InChI is InChI=1S/C15H17F3N4O/c1-10(14-21-19-9-22(14)2)20-13(23)8-12(15(16,17)18)11-6-4-3-5-7-11/h3-7,9-10,12H,8H2,1-2H3,(H,20,23)/t10-,12+/m1/s1. The number of nitrogens with zero attached hydrogens (tertiary/aromatic N) is 3. The van der Waals surface area contributed by atoms with Crippen LogP contribution >= 0.6 is 0 Å². The molecule has 23 heavy (non-hydrogen) atoms. The monoisotopic (exact) mass is 326 g/mol. The molecule has 8 heteroatoms. The van der Waals surface area contributed by atoms with Gasteiger partial charge in [0.25, 0.3) is 0 Å². The van der Waals surface area contributed by atoms with Gasteiger partial charge < -0.3 is 9.88 Å². The molecule has 0 aliphatic rings. The molecular weight excluding hydrogens is 309 g/mol. The van der Waals surface area contributed by atoms with E-state index < -0.39 is 30.5 Å². The summed E-state index contributed by atoms with van der Waals surface area (Å²) in [7, 11) is 1.69. The van der Waals surface area contributed by atoms with Crippen molar-refractivity contribution >= 4 is 5.91 Å². The molecule has 0 bridgehead atoms. The lowest BCUT2D eigenvalue weighted by atomic mass is 9.94. The molecule has 0 saturated carbocycles. The Morgan fingerprint density at radius 2 is 1.96 bits per heavy atom. The molecule has 1 amide bonds. The number of halogens is 3. The highest BCUT2D eigenvalue weighted by molar-refractivity contribution is 5.77. The number of aromatic nitrogens is 3. The molecule has 1 aromatic carbocycles. The summed E-state index contributed by atoms with van der Waals surface area (Å²) in [6, 6.07) is 6.89. The summed E-state index contributed by atoms with van der Waals surface area (Å²) >= 11 is 0. The summed E-state index contributed by atoms with van der Waals surface area (Å²) in [6.07, 6.45) is -3.71. The molecule has 0 aliphatic carbocycles. The van der Waals surface area contributed by atoms with Gasteiger partial charge in [0.2, 0.25) is 5.91 Å². The number of aryl methyl sites for hydroxylation is 1. The van der Waals surface area contributed by atoms with Crippen LogP contribution in [0.5, 0.6) is 0 Å². The Morgan fingerprint density at radius 1 is 1.30 bits per heavy atom. The molecule has 2 aromatic rings. The molecule has 5 nitrogen and oxygen atoms in total. The van der Waals surface area contributed by atoms with Crippen molar-refractivity contribution in [2.75, 3.05) is 0 Å². The van der Waals surface area contributed by atoms with Crippen molar-refractivity contribution in [2.45, 2.75) is 31.5 Å². The lowest BCUT2D eigenvalue weighted by Crippen LogP contribution is -2.33. The minimum absolute atomic E-state index is 0.0708.